The molecule has 0 bridgehead atoms. The van der Waals surface area contributed by atoms with E-state index in [2.05, 4.69) is 15.6 Å². The van der Waals surface area contributed by atoms with Gasteiger partial charge in [0.05, 0.1) is 29.7 Å². The highest BCUT2D eigenvalue weighted by atomic mass is 16.5. The first kappa shape index (κ1) is 20.8. The summed E-state index contributed by atoms with van der Waals surface area (Å²) in [5.74, 6) is 1.63. The highest BCUT2D eigenvalue weighted by Gasteiger charge is 2.26. The number of ether oxygens (including phenoxy) is 2. The zero-order chi connectivity index (χ0) is 21.0. The predicted octanol–water partition coefficient (Wildman–Crippen LogP) is 2.77. The van der Waals surface area contributed by atoms with Gasteiger partial charge in [0.2, 0.25) is 11.8 Å². The maximum atomic E-state index is 9.95. The Morgan fingerprint density at radius 3 is 2.65 bits per heavy atom. The fraction of sp³-hybridized carbons (Fsp3) is 0.696. The SMILES string of the molecule is OC1CCC(c2cnc(OC3CCNCC3)c3cnc(N[C@@H]4CCCOC4)nc23)CC1. The molecule has 0 unspecified atom stereocenters. The number of rotatable bonds is 5. The molecule has 0 spiro atoms. The van der Waals surface area contributed by atoms with Crippen LogP contribution in [-0.4, -0.2) is 64.6 Å². The smallest absolute Gasteiger partial charge is 0.224 e. The number of pyridine rings is 1. The van der Waals surface area contributed by atoms with Crippen LogP contribution < -0.4 is 15.4 Å². The number of nitrogens with zero attached hydrogens (tertiary/aromatic N) is 3. The van der Waals surface area contributed by atoms with Gasteiger partial charge in [-0.3, -0.25) is 0 Å². The molecule has 3 fully saturated rings. The van der Waals surface area contributed by atoms with Gasteiger partial charge in [-0.25, -0.2) is 15.0 Å². The van der Waals surface area contributed by atoms with E-state index >= 15 is 0 Å². The molecule has 2 aromatic heterocycles. The van der Waals surface area contributed by atoms with E-state index in [1.54, 1.807) is 0 Å². The van der Waals surface area contributed by atoms with Crippen LogP contribution >= 0.6 is 0 Å². The number of anilines is 1. The van der Waals surface area contributed by atoms with E-state index in [1.165, 1.54) is 0 Å². The molecule has 8 nitrogen and oxygen atoms in total. The highest BCUT2D eigenvalue weighted by Crippen LogP contribution is 2.38. The normalized spacial score (nSPS) is 27.8. The Bertz CT molecular complexity index is 875. The molecule has 1 saturated carbocycles. The van der Waals surface area contributed by atoms with Crippen LogP contribution in [0.25, 0.3) is 10.9 Å². The lowest BCUT2D eigenvalue weighted by molar-refractivity contribution is 0.0874. The van der Waals surface area contributed by atoms with Crippen molar-refractivity contribution in [2.75, 3.05) is 31.6 Å². The second-order valence-corrected chi connectivity index (χ2v) is 9.11. The van der Waals surface area contributed by atoms with Crippen molar-refractivity contribution in [1.29, 1.82) is 0 Å². The van der Waals surface area contributed by atoms with Gasteiger partial charge in [-0.2, -0.15) is 0 Å². The summed E-state index contributed by atoms with van der Waals surface area (Å²) in [6, 6.07) is 0.242. The number of aromatic nitrogens is 3. The molecule has 4 heterocycles. The van der Waals surface area contributed by atoms with Crippen molar-refractivity contribution in [3.63, 3.8) is 0 Å². The van der Waals surface area contributed by atoms with Gasteiger partial charge < -0.3 is 25.2 Å². The van der Waals surface area contributed by atoms with Gasteiger partial charge in [-0.05, 0) is 70.4 Å². The lowest BCUT2D eigenvalue weighted by atomic mass is 9.83. The number of aliphatic hydroxyl groups is 1. The summed E-state index contributed by atoms with van der Waals surface area (Å²) in [5.41, 5.74) is 2.07. The molecular weight excluding hydrogens is 394 g/mol. The zero-order valence-corrected chi connectivity index (χ0v) is 18.1. The number of hydrogen-bond donors (Lipinski definition) is 3. The first-order valence-corrected chi connectivity index (χ1v) is 11.8. The molecule has 5 rings (SSSR count). The molecule has 1 atom stereocenters. The minimum Gasteiger partial charge on any atom is -0.474 e. The van der Waals surface area contributed by atoms with Gasteiger partial charge in [-0.15, -0.1) is 0 Å². The maximum Gasteiger partial charge on any atom is 0.224 e. The lowest BCUT2D eigenvalue weighted by Crippen LogP contribution is -2.34. The number of aliphatic hydroxyl groups excluding tert-OH is 1. The lowest BCUT2D eigenvalue weighted by Gasteiger charge is -2.27. The Kier molecular flexibility index (Phi) is 6.47. The summed E-state index contributed by atoms with van der Waals surface area (Å²) >= 11 is 0. The molecule has 2 saturated heterocycles. The third-order valence-electron chi connectivity index (χ3n) is 6.81. The molecule has 3 N–H and O–H groups in total. The van der Waals surface area contributed by atoms with Crippen LogP contribution in [0.15, 0.2) is 12.4 Å². The van der Waals surface area contributed by atoms with E-state index in [0.29, 0.717) is 24.4 Å². The molecule has 2 aliphatic heterocycles. The third kappa shape index (κ3) is 4.91. The van der Waals surface area contributed by atoms with Crippen LogP contribution in [0.5, 0.6) is 5.88 Å². The fourth-order valence-electron chi connectivity index (χ4n) is 4.97. The van der Waals surface area contributed by atoms with Crippen molar-refractivity contribution in [2.24, 2.45) is 0 Å². The van der Waals surface area contributed by atoms with Crippen LogP contribution in [-0.2, 0) is 4.74 Å². The van der Waals surface area contributed by atoms with E-state index in [-0.39, 0.29) is 18.2 Å². The second-order valence-electron chi connectivity index (χ2n) is 9.11. The number of nitrogens with one attached hydrogen (secondary N) is 2. The third-order valence-corrected chi connectivity index (χ3v) is 6.81. The Hall–Kier alpha value is -2.03. The van der Waals surface area contributed by atoms with Gasteiger partial charge in [0.1, 0.15) is 6.10 Å². The van der Waals surface area contributed by atoms with Gasteiger partial charge in [0.25, 0.3) is 0 Å². The van der Waals surface area contributed by atoms with Crippen molar-refractivity contribution in [3.8, 4) is 5.88 Å². The Morgan fingerprint density at radius 2 is 1.87 bits per heavy atom. The monoisotopic (exact) mass is 427 g/mol. The highest BCUT2D eigenvalue weighted by molar-refractivity contribution is 5.86. The summed E-state index contributed by atoms with van der Waals surface area (Å²) in [6.07, 6.45) is 11.4. The largest absolute Gasteiger partial charge is 0.474 e. The quantitative estimate of drug-likeness (QED) is 0.670. The molecule has 2 aromatic rings. The first-order valence-electron chi connectivity index (χ1n) is 11.8. The summed E-state index contributed by atoms with van der Waals surface area (Å²) in [6.45, 7) is 3.46. The van der Waals surface area contributed by atoms with Gasteiger partial charge in [0.15, 0.2) is 0 Å². The van der Waals surface area contributed by atoms with E-state index in [9.17, 15) is 5.11 Å². The van der Waals surface area contributed by atoms with Crippen molar-refractivity contribution in [1.82, 2.24) is 20.3 Å². The fourth-order valence-corrected chi connectivity index (χ4v) is 4.97. The molecule has 8 heteroatoms. The van der Waals surface area contributed by atoms with E-state index in [0.717, 1.165) is 87.5 Å². The summed E-state index contributed by atoms with van der Waals surface area (Å²) < 4.78 is 11.9. The summed E-state index contributed by atoms with van der Waals surface area (Å²) in [5, 5.41) is 17.7. The molecule has 168 valence electrons. The summed E-state index contributed by atoms with van der Waals surface area (Å²) in [7, 11) is 0. The Morgan fingerprint density at radius 1 is 1.03 bits per heavy atom. The van der Waals surface area contributed by atoms with Crippen LogP contribution in [0.1, 0.15) is 62.8 Å². The van der Waals surface area contributed by atoms with Crippen molar-refractivity contribution >= 4 is 16.9 Å². The molecule has 0 aromatic carbocycles. The Labute approximate surface area is 183 Å². The standard InChI is InChI=1S/C23H33N5O3/c29-17-5-3-15(4-6-17)19-12-25-22(31-18-7-9-24-10-8-18)20-13-26-23(28-21(19)20)27-16-2-1-11-30-14-16/h12-13,15-18,24,29H,1-11,14H2,(H,26,27,28)/t15?,16-,17?/m1/s1. The number of piperidine rings is 1. The van der Waals surface area contributed by atoms with Gasteiger partial charge in [-0.1, -0.05) is 0 Å². The average Bonchev–Trinajstić information content (AvgIpc) is 2.81. The van der Waals surface area contributed by atoms with Crippen LogP contribution in [0.3, 0.4) is 0 Å². The molecule has 3 aliphatic rings. The van der Waals surface area contributed by atoms with E-state index in [4.69, 9.17) is 19.4 Å². The average molecular weight is 428 g/mol. The molecule has 0 radical (unpaired) electrons. The van der Waals surface area contributed by atoms with Crippen LogP contribution in [0, 0.1) is 0 Å². The van der Waals surface area contributed by atoms with Gasteiger partial charge >= 0.3 is 0 Å². The molecule has 1 aliphatic carbocycles. The molecule has 31 heavy (non-hydrogen) atoms. The van der Waals surface area contributed by atoms with Crippen molar-refractivity contribution < 1.29 is 14.6 Å². The second kappa shape index (κ2) is 9.63. The zero-order valence-electron chi connectivity index (χ0n) is 18.1. The van der Waals surface area contributed by atoms with Crippen molar-refractivity contribution in [3.05, 3.63) is 18.0 Å². The van der Waals surface area contributed by atoms with E-state index < -0.39 is 0 Å². The topological polar surface area (TPSA) is 101 Å². The number of hydrogen-bond acceptors (Lipinski definition) is 8. The first-order chi connectivity index (χ1) is 15.3. The molecular formula is C23H33N5O3. The minimum atomic E-state index is -0.184. The number of fused-ring (bicyclic) bond motifs is 1. The van der Waals surface area contributed by atoms with Gasteiger partial charge in [0, 0.05) is 24.6 Å². The minimum absolute atomic E-state index is 0.171. The van der Waals surface area contributed by atoms with E-state index in [1.807, 2.05) is 12.4 Å². The molecule has 0 amide bonds. The van der Waals surface area contributed by atoms with Crippen molar-refractivity contribution in [2.45, 2.75) is 75.5 Å². The maximum absolute atomic E-state index is 9.95. The Balaban J connectivity index is 1.46. The van der Waals surface area contributed by atoms with Crippen LogP contribution in [0.2, 0.25) is 0 Å². The van der Waals surface area contributed by atoms with Crippen LogP contribution in [0.4, 0.5) is 5.95 Å². The predicted molar refractivity (Wildman–Crippen MR) is 119 cm³/mol. The summed E-state index contributed by atoms with van der Waals surface area (Å²) in [4.78, 5) is 14.3.